The van der Waals surface area contributed by atoms with Crippen LogP contribution >= 0.6 is 0 Å². The topological polar surface area (TPSA) is 90.3 Å². The molecule has 0 saturated carbocycles. The number of benzene rings is 2. The molecule has 0 aliphatic heterocycles. The van der Waals surface area contributed by atoms with Crippen LogP contribution in [0.4, 0.5) is 5.69 Å². The minimum absolute atomic E-state index is 0.231. The molecule has 0 saturated heterocycles. The van der Waals surface area contributed by atoms with Crippen LogP contribution in [0.15, 0.2) is 71.3 Å². The molecule has 28 heavy (non-hydrogen) atoms. The van der Waals surface area contributed by atoms with E-state index in [4.69, 9.17) is 10.2 Å². The molecule has 4 aromatic rings. The number of hydrogen-bond acceptors (Lipinski definition) is 3. The molecule has 140 valence electrons. The maximum atomic E-state index is 12.2. The first kappa shape index (κ1) is 17.6. The molecule has 0 radical (unpaired) electrons. The van der Waals surface area contributed by atoms with E-state index in [1.165, 1.54) is 6.26 Å². The van der Waals surface area contributed by atoms with Gasteiger partial charge in [-0.15, -0.1) is 0 Å². The standard InChI is InChI=1S/C22H19N3O3/c1-14-4-2-5-15(10-14)13-25-18-8-7-17(11-16(18)12-19(25)21(23)26)24-22(27)20-6-3-9-28-20/h2-12H,13H2,1H3,(H2,23,26)(H,24,27). The van der Waals surface area contributed by atoms with Gasteiger partial charge in [-0.25, -0.2) is 0 Å². The summed E-state index contributed by atoms with van der Waals surface area (Å²) in [6, 6.07) is 18.6. The molecule has 6 heteroatoms. The Kier molecular flexibility index (Phi) is 4.45. The highest BCUT2D eigenvalue weighted by atomic mass is 16.3. The van der Waals surface area contributed by atoms with Crippen LogP contribution in [-0.2, 0) is 6.54 Å². The molecule has 0 spiro atoms. The minimum Gasteiger partial charge on any atom is -0.459 e. The molecule has 0 unspecified atom stereocenters. The molecular formula is C22H19N3O3. The average molecular weight is 373 g/mol. The normalized spacial score (nSPS) is 10.9. The van der Waals surface area contributed by atoms with E-state index < -0.39 is 5.91 Å². The van der Waals surface area contributed by atoms with Crippen LogP contribution in [0.2, 0.25) is 0 Å². The Morgan fingerprint density at radius 1 is 1.07 bits per heavy atom. The van der Waals surface area contributed by atoms with Crippen LogP contribution in [0.3, 0.4) is 0 Å². The van der Waals surface area contributed by atoms with Gasteiger partial charge in [0.1, 0.15) is 5.69 Å². The summed E-state index contributed by atoms with van der Waals surface area (Å²) >= 11 is 0. The van der Waals surface area contributed by atoms with Crippen molar-refractivity contribution in [3.63, 3.8) is 0 Å². The monoisotopic (exact) mass is 373 g/mol. The van der Waals surface area contributed by atoms with E-state index >= 15 is 0 Å². The molecule has 0 aliphatic rings. The molecule has 4 rings (SSSR count). The van der Waals surface area contributed by atoms with Gasteiger partial charge in [0.15, 0.2) is 5.76 Å². The van der Waals surface area contributed by atoms with Gasteiger partial charge in [0.25, 0.3) is 11.8 Å². The summed E-state index contributed by atoms with van der Waals surface area (Å²) in [5, 5.41) is 3.61. The number of furan rings is 1. The van der Waals surface area contributed by atoms with Crippen LogP contribution in [0.1, 0.15) is 32.2 Å². The van der Waals surface area contributed by atoms with Gasteiger partial charge in [0.05, 0.1) is 6.26 Å². The van der Waals surface area contributed by atoms with Crippen molar-refractivity contribution >= 4 is 28.4 Å². The zero-order valence-electron chi connectivity index (χ0n) is 15.3. The van der Waals surface area contributed by atoms with Crippen LogP contribution in [0.5, 0.6) is 0 Å². The second-order valence-corrected chi connectivity index (χ2v) is 6.67. The van der Waals surface area contributed by atoms with E-state index in [9.17, 15) is 9.59 Å². The zero-order chi connectivity index (χ0) is 19.7. The smallest absolute Gasteiger partial charge is 0.291 e. The molecule has 0 fully saturated rings. The van der Waals surface area contributed by atoms with Crippen molar-refractivity contribution in [2.75, 3.05) is 5.32 Å². The Balaban J connectivity index is 1.70. The second kappa shape index (κ2) is 7.08. The van der Waals surface area contributed by atoms with E-state index in [0.29, 0.717) is 17.9 Å². The van der Waals surface area contributed by atoms with Crippen molar-refractivity contribution < 1.29 is 14.0 Å². The van der Waals surface area contributed by atoms with E-state index in [2.05, 4.69) is 11.4 Å². The molecule has 2 aromatic carbocycles. The summed E-state index contributed by atoms with van der Waals surface area (Å²) in [6.07, 6.45) is 1.45. The number of amides is 2. The fraction of sp³-hybridized carbons (Fsp3) is 0.0909. The summed E-state index contributed by atoms with van der Waals surface area (Å²) in [5.74, 6) is -0.598. The molecular weight excluding hydrogens is 354 g/mol. The lowest BCUT2D eigenvalue weighted by Crippen LogP contribution is -2.17. The largest absolute Gasteiger partial charge is 0.459 e. The van der Waals surface area contributed by atoms with Crippen LogP contribution in [-0.4, -0.2) is 16.4 Å². The van der Waals surface area contributed by atoms with Gasteiger partial charge >= 0.3 is 0 Å². The lowest BCUT2D eigenvalue weighted by Gasteiger charge is -2.10. The van der Waals surface area contributed by atoms with Crippen molar-refractivity contribution in [1.29, 1.82) is 0 Å². The van der Waals surface area contributed by atoms with E-state index in [0.717, 1.165) is 22.0 Å². The van der Waals surface area contributed by atoms with E-state index in [1.54, 1.807) is 24.3 Å². The van der Waals surface area contributed by atoms with Crippen molar-refractivity contribution in [3.8, 4) is 0 Å². The van der Waals surface area contributed by atoms with E-state index in [1.807, 2.05) is 41.8 Å². The number of primary amides is 1. The molecule has 3 N–H and O–H groups in total. The number of carbonyl (C=O) groups is 2. The molecule has 0 bridgehead atoms. The number of aryl methyl sites for hydroxylation is 1. The summed E-state index contributed by atoms with van der Waals surface area (Å²) in [7, 11) is 0. The molecule has 6 nitrogen and oxygen atoms in total. The van der Waals surface area contributed by atoms with Gasteiger partial charge < -0.3 is 20.0 Å². The van der Waals surface area contributed by atoms with Crippen LogP contribution < -0.4 is 11.1 Å². The molecule has 2 amide bonds. The first-order chi connectivity index (χ1) is 13.5. The Bertz CT molecular complexity index is 1170. The predicted molar refractivity (Wildman–Crippen MR) is 107 cm³/mol. The van der Waals surface area contributed by atoms with Gasteiger partial charge in [-0.3, -0.25) is 9.59 Å². The number of carbonyl (C=O) groups excluding carboxylic acids is 2. The number of aromatic nitrogens is 1. The van der Waals surface area contributed by atoms with Gasteiger partial charge in [0, 0.05) is 23.1 Å². The molecule has 2 heterocycles. The highest BCUT2D eigenvalue weighted by molar-refractivity contribution is 6.04. The molecule has 0 atom stereocenters. The third-order valence-electron chi connectivity index (χ3n) is 4.58. The van der Waals surface area contributed by atoms with Crippen LogP contribution in [0, 0.1) is 6.92 Å². The quantitative estimate of drug-likeness (QED) is 0.555. The number of anilines is 1. The number of nitrogens with zero attached hydrogens (tertiary/aromatic N) is 1. The number of rotatable bonds is 5. The van der Waals surface area contributed by atoms with Gasteiger partial charge in [0.2, 0.25) is 0 Å². The van der Waals surface area contributed by atoms with Gasteiger partial charge in [-0.05, 0) is 48.9 Å². The number of fused-ring (bicyclic) bond motifs is 1. The number of nitrogens with two attached hydrogens (primary N) is 1. The van der Waals surface area contributed by atoms with Gasteiger partial charge in [-0.1, -0.05) is 29.8 Å². The number of nitrogens with one attached hydrogen (secondary N) is 1. The van der Waals surface area contributed by atoms with Crippen molar-refractivity contribution in [2.45, 2.75) is 13.5 Å². The van der Waals surface area contributed by atoms with E-state index in [-0.39, 0.29) is 11.7 Å². The lowest BCUT2D eigenvalue weighted by molar-refractivity contribution is 0.0986. The predicted octanol–water partition coefficient (Wildman–Crippen LogP) is 3.94. The van der Waals surface area contributed by atoms with Crippen LogP contribution in [0.25, 0.3) is 10.9 Å². The summed E-state index contributed by atoms with van der Waals surface area (Å²) in [5.41, 5.74) is 9.73. The highest BCUT2D eigenvalue weighted by Crippen LogP contribution is 2.25. The fourth-order valence-electron chi connectivity index (χ4n) is 3.32. The first-order valence-corrected chi connectivity index (χ1v) is 8.85. The Labute approximate surface area is 161 Å². The zero-order valence-corrected chi connectivity index (χ0v) is 15.3. The van der Waals surface area contributed by atoms with Crippen molar-refractivity contribution in [3.05, 3.63) is 89.5 Å². The molecule has 2 aromatic heterocycles. The Morgan fingerprint density at radius 3 is 2.64 bits per heavy atom. The SMILES string of the molecule is Cc1cccc(Cn2c(C(N)=O)cc3cc(NC(=O)c4ccco4)ccc32)c1. The average Bonchev–Trinajstić information content (AvgIpc) is 3.30. The second-order valence-electron chi connectivity index (χ2n) is 6.67. The fourth-order valence-corrected chi connectivity index (χ4v) is 3.32. The number of hydrogen-bond donors (Lipinski definition) is 2. The van der Waals surface area contributed by atoms with Crippen molar-refractivity contribution in [2.24, 2.45) is 5.73 Å². The highest BCUT2D eigenvalue weighted by Gasteiger charge is 2.15. The lowest BCUT2D eigenvalue weighted by atomic mass is 10.1. The maximum absolute atomic E-state index is 12.2. The van der Waals surface area contributed by atoms with Crippen molar-refractivity contribution in [1.82, 2.24) is 4.57 Å². The summed E-state index contributed by atoms with van der Waals surface area (Å²) in [4.78, 5) is 24.2. The summed E-state index contributed by atoms with van der Waals surface area (Å²) < 4.78 is 7.00. The maximum Gasteiger partial charge on any atom is 0.291 e. The third kappa shape index (κ3) is 3.40. The van der Waals surface area contributed by atoms with Gasteiger partial charge in [-0.2, -0.15) is 0 Å². The third-order valence-corrected chi connectivity index (χ3v) is 4.58. The first-order valence-electron chi connectivity index (χ1n) is 8.85. The summed E-state index contributed by atoms with van der Waals surface area (Å²) in [6.45, 7) is 2.56. The minimum atomic E-state index is -0.495. The Morgan fingerprint density at radius 2 is 1.93 bits per heavy atom. The Hall–Kier alpha value is -3.80. The molecule has 0 aliphatic carbocycles.